The molecule has 7 atom stereocenters. The lowest BCUT2D eigenvalue weighted by atomic mass is 9.45. The highest BCUT2D eigenvalue weighted by Crippen LogP contribution is 2.65. The number of hydrazone groups is 1. The van der Waals surface area contributed by atoms with Crippen molar-refractivity contribution in [2.75, 3.05) is 0 Å². The van der Waals surface area contributed by atoms with E-state index < -0.39 is 0 Å². The van der Waals surface area contributed by atoms with Gasteiger partial charge in [0.25, 0.3) is 0 Å². The lowest BCUT2D eigenvalue weighted by Gasteiger charge is -2.60. The van der Waals surface area contributed by atoms with Gasteiger partial charge in [-0.25, -0.2) is 0 Å². The number of aliphatic hydroxyl groups is 1. The van der Waals surface area contributed by atoms with Crippen LogP contribution in [0.3, 0.4) is 0 Å². The number of nitrogens with zero attached hydrogens (tertiary/aromatic N) is 1. The van der Waals surface area contributed by atoms with Gasteiger partial charge in [0.1, 0.15) is 0 Å². The Labute approximate surface area is 134 Å². The third-order valence-corrected chi connectivity index (χ3v) is 8.63. The summed E-state index contributed by atoms with van der Waals surface area (Å²) >= 11 is 0. The van der Waals surface area contributed by atoms with Crippen molar-refractivity contribution in [3.63, 3.8) is 0 Å². The van der Waals surface area contributed by atoms with Crippen molar-refractivity contribution >= 4 is 5.71 Å². The zero-order valence-electron chi connectivity index (χ0n) is 14.2. The minimum atomic E-state index is -0.0497. The first-order chi connectivity index (χ1) is 10.5. The largest absolute Gasteiger partial charge is 0.393 e. The van der Waals surface area contributed by atoms with Gasteiger partial charge in [0.05, 0.1) is 6.10 Å². The smallest absolute Gasteiger partial charge is 0.0596 e. The van der Waals surface area contributed by atoms with Crippen LogP contribution in [0.1, 0.15) is 71.6 Å². The molecule has 0 aromatic rings. The molecule has 0 aromatic heterocycles. The summed E-state index contributed by atoms with van der Waals surface area (Å²) < 4.78 is 0. The van der Waals surface area contributed by atoms with Crippen LogP contribution in [0.2, 0.25) is 0 Å². The molecule has 0 amide bonds. The van der Waals surface area contributed by atoms with Crippen LogP contribution in [0.5, 0.6) is 0 Å². The predicted octanol–water partition coefficient (Wildman–Crippen LogP) is 3.70. The molecular weight excluding hydrogens is 272 g/mol. The van der Waals surface area contributed by atoms with Crippen LogP contribution in [0, 0.1) is 34.5 Å². The molecule has 0 radical (unpaired) electrons. The average Bonchev–Trinajstić information content (AvgIpc) is 2.82. The van der Waals surface area contributed by atoms with Crippen LogP contribution in [0.25, 0.3) is 0 Å². The second-order valence-corrected chi connectivity index (χ2v) is 9.19. The molecule has 4 aliphatic carbocycles. The lowest BCUT2D eigenvalue weighted by Crippen LogP contribution is -2.54. The minimum Gasteiger partial charge on any atom is -0.393 e. The topological polar surface area (TPSA) is 58.6 Å². The third kappa shape index (κ3) is 1.87. The molecule has 124 valence electrons. The Kier molecular flexibility index (Phi) is 3.38. The van der Waals surface area contributed by atoms with Crippen molar-refractivity contribution in [2.45, 2.75) is 77.7 Å². The van der Waals surface area contributed by atoms with E-state index in [1.54, 1.807) is 0 Å². The second kappa shape index (κ2) is 4.96. The molecule has 4 aliphatic rings. The second-order valence-electron chi connectivity index (χ2n) is 9.19. The first-order valence-corrected chi connectivity index (χ1v) is 9.43. The van der Waals surface area contributed by atoms with Crippen molar-refractivity contribution in [2.24, 2.45) is 45.4 Å². The summed E-state index contributed by atoms with van der Waals surface area (Å²) in [6.45, 7) is 4.94. The van der Waals surface area contributed by atoms with Gasteiger partial charge in [0.2, 0.25) is 0 Å². The van der Waals surface area contributed by atoms with Crippen LogP contribution in [0.15, 0.2) is 5.10 Å². The fourth-order valence-electron chi connectivity index (χ4n) is 7.15. The van der Waals surface area contributed by atoms with Crippen molar-refractivity contribution in [1.82, 2.24) is 0 Å². The molecule has 4 unspecified atom stereocenters. The quantitative estimate of drug-likeness (QED) is 0.529. The highest BCUT2D eigenvalue weighted by Gasteiger charge is 2.59. The third-order valence-electron chi connectivity index (χ3n) is 8.63. The fourth-order valence-corrected chi connectivity index (χ4v) is 7.15. The minimum absolute atomic E-state index is 0.0497. The van der Waals surface area contributed by atoms with Gasteiger partial charge in [-0.05, 0) is 92.3 Å². The van der Waals surface area contributed by atoms with Crippen LogP contribution < -0.4 is 5.84 Å². The maximum Gasteiger partial charge on any atom is 0.0596 e. The van der Waals surface area contributed by atoms with E-state index in [4.69, 9.17) is 5.84 Å². The van der Waals surface area contributed by atoms with Crippen molar-refractivity contribution in [1.29, 1.82) is 0 Å². The maximum absolute atomic E-state index is 10.5. The van der Waals surface area contributed by atoms with Gasteiger partial charge < -0.3 is 10.9 Å². The summed E-state index contributed by atoms with van der Waals surface area (Å²) in [6.07, 6.45) is 11.1. The molecular formula is C19H32N2O. The average molecular weight is 304 g/mol. The first-order valence-electron chi connectivity index (χ1n) is 9.43. The number of nitrogens with two attached hydrogens (primary N) is 1. The van der Waals surface area contributed by atoms with Gasteiger partial charge in [0.15, 0.2) is 0 Å². The predicted molar refractivity (Wildman–Crippen MR) is 89.4 cm³/mol. The molecule has 0 aliphatic heterocycles. The normalized spacial score (nSPS) is 56.3. The standard InChI is InChI=1S/C19H32N2O/c1-18-9-7-13(21-20)11-12(18)3-4-14-15-5-6-17(22)19(15,2)10-8-16(14)18/h12,14-17,22H,3-11,20H2,1-2H3/b21-13+/t12-,14?,15?,16?,17?,18-,19-/m1/s1. The van der Waals surface area contributed by atoms with Crippen LogP contribution in [-0.4, -0.2) is 16.9 Å². The summed E-state index contributed by atoms with van der Waals surface area (Å²) in [5.41, 5.74) is 1.95. The molecule has 3 N–H and O–H groups in total. The maximum atomic E-state index is 10.5. The van der Waals surface area contributed by atoms with Gasteiger partial charge in [-0.1, -0.05) is 13.8 Å². The molecule has 0 aromatic carbocycles. The molecule has 0 heterocycles. The van der Waals surface area contributed by atoms with E-state index in [0.717, 1.165) is 42.9 Å². The zero-order chi connectivity index (χ0) is 15.5. The van der Waals surface area contributed by atoms with E-state index in [0.29, 0.717) is 5.41 Å². The lowest BCUT2D eigenvalue weighted by molar-refractivity contribution is -0.112. The van der Waals surface area contributed by atoms with Crippen molar-refractivity contribution < 1.29 is 5.11 Å². The number of hydrogen-bond donors (Lipinski definition) is 2. The molecule has 4 rings (SSSR count). The number of aliphatic hydroxyl groups excluding tert-OH is 1. The molecule has 22 heavy (non-hydrogen) atoms. The highest BCUT2D eigenvalue weighted by atomic mass is 16.3. The van der Waals surface area contributed by atoms with E-state index in [1.165, 1.54) is 44.2 Å². The Balaban J connectivity index is 1.62. The number of hydrogen-bond acceptors (Lipinski definition) is 3. The summed E-state index contributed by atoms with van der Waals surface area (Å²) in [7, 11) is 0. The first kappa shape index (κ1) is 15.0. The molecule has 0 saturated heterocycles. The summed E-state index contributed by atoms with van der Waals surface area (Å²) in [4.78, 5) is 0. The molecule has 0 spiro atoms. The molecule has 3 heteroatoms. The van der Waals surface area contributed by atoms with E-state index in [9.17, 15) is 5.11 Å². The van der Waals surface area contributed by atoms with Crippen LogP contribution in [-0.2, 0) is 0 Å². The number of fused-ring (bicyclic) bond motifs is 5. The summed E-state index contributed by atoms with van der Waals surface area (Å²) in [5.74, 6) is 8.85. The Morgan fingerprint density at radius 1 is 1.00 bits per heavy atom. The van der Waals surface area contributed by atoms with Crippen LogP contribution in [0.4, 0.5) is 0 Å². The zero-order valence-corrected chi connectivity index (χ0v) is 14.2. The summed E-state index contributed by atoms with van der Waals surface area (Å²) in [5, 5.41) is 14.5. The van der Waals surface area contributed by atoms with Crippen LogP contribution >= 0.6 is 0 Å². The van der Waals surface area contributed by atoms with Gasteiger partial charge in [-0.2, -0.15) is 5.10 Å². The van der Waals surface area contributed by atoms with Crippen molar-refractivity contribution in [3.05, 3.63) is 0 Å². The number of rotatable bonds is 0. The summed E-state index contributed by atoms with van der Waals surface area (Å²) in [6, 6.07) is 0. The van der Waals surface area contributed by atoms with E-state index in [-0.39, 0.29) is 11.5 Å². The molecule has 0 bridgehead atoms. The Morgan fingerprint density at radius 2 is 1.77 bits per heavy atom. The Bertz CT molecular complexity index is 490. The van der Waals surface area contributed by atoms with Gasteiger partial charge in [-0.3, -0.25) is 0 Å². The van der Waals surface area contributed by atoms with Gasteiger partial charge in [0, 0.05) is 5.71 Å². The van der Waals surface area contributed by atoms with E-state index in [2.05, 4.69) is 18.9 Å². The monoisotopic (exact) mass is 304 g/mol. The van der Waals surface area contributed by atoms with Gasteiger partial charge in [-0.15, -0.1) is 0 Å². The molecule has 4 saturated carbocycles. The highest BCUT2D eigenvalue weighted by molar-refractivity contribution is 5.85. The SMILES string of the molecule is C[C@@]12CCC3C(CC[C@@H]4C/C(=N/N)CC[C@@]34C)C1CCC2O. The Morgan fingerprint density at radius 3 is 2.55 bits per heavy atom. The van der Waals surface area contributed by atoms with E-state index in [1.807, 2.05) is 0 Å². The van der Waals surface area contributed by atoms with Crippen molar-refractivity contribution in [3.8, 4) is 0 Å². The molecule has 3 nitrogen and oxygen atoms in total. The van der Waals surface area contributed by atoms with Gasteiger partial charge >= 0.3 is 0 Å². The van der Waals surface area contributed by atoms with E-state index >= 15 is 0 Å². The molecule has 4 fully saturated rings. The Hall–Kier alpha value is -0.570. The fraction of sp³-hybridized carbons (Fsp3) is 0.947.